The number of methoxy groups -OCH3 is 1. The maximum atomic E-state index is 12.5. The van der Waals surface area contributed by atoms with E-state index in [-0.39, 0.29) is 11.2 Å². The van der Waals surface area contributed by atoms with E-state index >= 15 is 0 Å². The van der Waals surface area contributed by atoms with Gasteiger partial charge in [-0.3, -0.25) is 0 Å². The van der Waals surface area contributed by atoms with Crippen LogP contribution < -0.4 is 24.3 Å². The Hall–Kier alpha value is -2.02. The molecule has 0 unspecified atom stereocenters. The second-order valence-corrected chi connectivity index (χ2v) is 9.70. The van der Waals surface area contributed by atoms with Gasteiger partial charge in [-0.25, -0.2) is 10.1 Å². The highest BCUT2D eigenvalue weighted by Crippen LogP contribution is 2.49. The summed E-state index contributed by atoms with van der Waals surface area (Å²) in [5.41, 5.74) is 0.849. The van der Waals surface area contributed by atoms with Crippen LogP contribution in [0.1, 0.15) is 26.3 Å². The molecule has 6 nitrogen and oxygen atoms in total. The van der Waals surface area contributed by atoms with Crippen LogP contribution in [0.4, 0.5) is 4.79 Å². The molecular formula is C20H20Cl3NO5. The van der Waals surface area contributed by atoms with Crippen LogP contribution in [0.3, 0.4) is 0 Å². The number of alkyl halides is 3. The van der Waals surface area contributed by atoms with Crippen LogP contribution in [0.15, 0.2) is 42.5 Å². The molecule has 0 saturated carbocycles. The standard InChI is InChI=1S/C20H20Cl3NO5/c1-18(2,3)12-8-9-15-16(10-12)29-20(28-15,19(21,22)23)24-17(25)27-14-7-5-6-13(11-14)26-4/h5-11H,1-4H3,(H,24,25)/t20-/m1/s1. The van der Waals surface area contributed by atoms with Gasteiger partial charge in [0.1, 0.15) is 11.5 Å². The zero-order valence-corrected chi connectivity index (χ0v) is 18.5. The van der Waals surface area contributed by atoms with E-state index in [2.05, 4.69) is 26.1 Å². The molecule has 0 spiro atoms. The van der Waals surface area contributed by atoms with Crippen molar-refractivity contribution in [3.05, 3.63) is 48.0 Å². The predicted molar refractivity (Wildman–Crippen MR) is 112 cm³/mol. The molecule has 156 valence electrons. The molecule has 9 heteroatoms. The summed E-state index contributed by atoms with van der Waals surface area (Å²) in [6.45, 7) is 6.16. The van der Waals surface area contributed by atoms with E-state index < -0.39 is 15.8 Å². The number of rotatable bonds is 3. The second-order valence-electron chi connectivity index (χ2n) is 7.42. The Morgan fingerprint density at radius 1 is 1.00 bits per heavy atom. The first-order valence-electron chi connectivity index (χ1n) is 8.67. The molecule has 0 bridgehead atoms. The fraction of sp³-hybridized carbons (Fsp3) is 0.350. The molecule has 1 amide bonds. The average Bonchev–Trinajstić information content (AvgIpc) is 2.99. The van der Waals surface area contributed by atoms with Crippen LogP contribution in [-0.4, -0.2) is 22.9 Å². The summed E-state index contributed by atoms with van der Waals surface area (Å²) in [7, 11) is 1.50. The number of carbonyl (C=O) groups excluding carboxylic acids is 1. The van der Waals surface area contributed by atoms with E-state index in [9.17, 15) is 4.79 Å². The first-order valence-corrected chi connectivity index (χ1v) is 9.80. The van der Waals surface area contributed by atoms with Crippen molar-refractivity contribution in [2.75, 3.05) is 7.11 Å². The van der Waals surface area contributed by atoms with Gasteiger partial charge in [0.25, 0.3) is 3.79 Å². The van der Waals surface area contributed by atoms with Crippen molar-refractivity contribution >= 4 is 40.9 Å². The average molecular weight is 461 g/mol. The van der Waals surface area contributed by atoms with Crippen molar-refractivity contribution in [2.45, 2.75) is 35.9 Å². The Morgan fingerprint density at radius 2 is 1.66 bits per heavy atom. The third-order valence-corrected chi connectivity index (χ3v) is 4.96. The summed E-state index contributed by atoms with van der Waals surface area (Å²) in [6.07, 6.45) is -0.937. The normalized spacial score (nSPS) is 18.3. The zero-order chi connectivity index (χ0) is 21.4. The van der Waals surface area contributed by atoms with Crippen molar-refractivity contribution in [3.8, 4) is 23.0 Å². The van der Waals surface area contributed by atoms with E-state index in [4.69, 9.17) is 53.8 Å². The van der Waals surface area contributed by atoms with Crippen LogP contribution in [0, 0.1) is 0 Å². The highest BCUT2D eigenvalue weighted by molar-refractivity contribution is 6.68. The highest BCUT2D eigenvalue weighted by Gasteiger charge is 2.60. The maximum Gasteiger partial charge on any atom is 0.418 e. The number of halogens is 3. The van der Waals surface area contributed by atoms with Crippen molar-refractivity contribution in [3.63, 3.8) is 0 Å². The summed E-state index contributed by atoms with van der Waals surface area (Å²) < 4.78 is 19.7. The van der Waals surface area contributed by atoms with Gasteiger partial charge in [-0.15, -0.1) is 0 Å². The lowest BCUT2D eigenvalue weighted by Crippen LogP contribution is -2.64. The summed E-state index contributed by atoms with van der Waals surface area (Å²) >= 11 is 18.3. The fourth-order valence-corrected chi connectivity index (χ4v) is 3.01. The van der Waals surface area contributed by atoms with Gasteiger partial charge in [0.15, 0.2) is 11.5 Å². The van der Waals surface area contributed by atoms with Gasteiger partial charge >= 0.3 is 12.0 Å². The number of benzene rings is 2. The van der Waals surface area contributed by atoms with E-state index in [1.54, 1.807) is 30.3 Å². The third-order valence-electron chi connectivity index (χ3n) is 4.21. The number of hydrogen-bond donors (Lipinski definition) is 1. The maximum absolute atomic E-state index is 12.5. The number of fused-ring (bicyclic) bond motifs is 1. The first-order chi connectivity index (χ1) is 13.4. The molecule has 3 rings (SSSR count). The van der Waals surface area contributed by atoms with E-state index in [1.165, 1.54) is 13.2 Å². The van der Waals surface area contributed by atoms with Gasteiger partial charge in [-0.1, -0.05) is 67.7 Å². The van der Waals surface area contributed by atoms with E-state index in [1.807, 2.05) is 6.07 Å². The van der Waals surface area contributed by atoms with E-state index in [0.29, 0.717) is 17.2 Å². The van der Waals surface area contributed by atoms with Gasteiger partial charge in [-0.05, 0) is 35.2 Å². The minimum Gasteiger partial charge on any atom is -0.497 e. The van der Waals surface area contributed by atoms with E-state index in [0.717, 1.165) is 5.56 Å². The fourth-order valence-electron chi connectivity index (χ4n) is 2.64. The molecule has 1 atom stereocenters. The summed E-state index contributed by atoms with van der Waals surface area (Å²) in [5.74, 6) is -0.697. The van der Waals surface area contributed by atoms with Crippen LogP contribution >= 0.6 is 34.8 Å². The molecule has 29 heavy (non-hydrogen) atoms. The van der Waals surface area contributed by atoms with Crippen molar-refractivity contribution in [1.82, 2.24) is 5.32 Å². The first kappa shape index (κ1) is 21.7. The Morgan fingerprint density at radius 3 is 2.28 bits per heavy atom. The lowest BCUT2D eigenvalue weighted by molar-refractivity contribution is -0.0964. The predicted octanol–water partition coefficient (Wildman–Crippen LogP) is 5.58. The van der Waals surface area contributed by atoms with Crippen molar-refractivity contribution in [1.29, 1.82) is 0 Å². The smallest absolute Gasteiger partial charge is 0.418 e. The summed E-state index contributed by atoms with van der Waals surface area (Å²) in [5, 5.41) is 2.38. The molecule has 2 aromatic rings. The third kappa shape index (κ3) is 4.60. The number of ether oxygens (including phenoxy) is 4. The van der Waals surface area contributed by atoms with Crippen LogP contribution in [0.5, 0.6) is 23.0 Å². The second kappa shape index (κ2) is 7.67. The van der Waals surface area contributed by atoms with Gasteiger partial charge in [0.05, 0.1) is 7.11 Å². The molecule has 0 radical (unpaired) electrons. The van der Waals surface area contributed by atoms with Crippen molar-refractivity contribution < 1.29 is 23.7 Å². The van der Waals surface area contributed by atoms with Gasteiger partial charge in [-0.2, -0.15) is 0 Å². The van der Waals surface area contributed by atoms with Crippen LogP contribution in [0.2, 0.25) is 0 Å². The molecule has 1 aliphatic heterocycles. The number of carbonyl (C=O) groups is 1. The topological polar surface area (TPSA) is 66.0 Å². The molecule has 1 heterocycles. The van der Waals surface area contributed by atoms with Gasteiger partial charge in [0, 0.05) is 6.07 Å². The monoisotopic (exact) mass is 459 g/mol. The largest absolute Gasteiger partial charge is 0.497 e. The Balaban J connectivity index is 1.84. The number of amides is 1. The zero-order valence-electron chi connectivity index (χ0n) is 16.2. The minimum atomic E-state index is -2.17. The molecule has 2 aromatic carbocycles. The van der Waals surface area contributed by atoms with Crippen molar-refractivity contribution in [2.24, 2.45) is 0 Å². The summed E-state index contributed by atoms with van der Waals surface area (Å²) in [6, 6.07) is 11.8. The van der Waals surface area contributed by atoms with Gasteiger partial charge in [0.2, 0.25) is 0 Å². The molecule has 0 aliphatic carbocycles. The summed E-state index contributed by atoms with van der Waals surface area (Å²) in [4.78, 5) is 12.5. The minimum absolute atomic E-state index is 0.137. The quantitative estimate of drug-likeness (QED) is 0.606. The Kier molecular flexibility index (Phi) is 5.73. The molecule has 1 N–H and O–H groups in total. The SMILES string of the molecule is COc1cccc(OC(=O)N[C@]2(C(Cl)(Cl)Cl)Oc3ccc(C(C)(C)C)cc3O2)c1. The molecule has 0 aromatic heterocycles. The number of hydrogen-bond acceptors (Lipinski definition) is 5. The molecule has 1 aliphatic rings. The lowest BCUT2D eigenvalue weighted by Gasteiger charge is -2.33. The van der Waals surface area contributed by atoms with Crippen LogP contribution in [0.25, 0.3) is 0 Å². The van der Waals surface area contributed by atoms with Gasteiger partial charge < -0.3 is 18.9 Å². The molecule has 0 fully saturated rings. The Labute approximate surface area is 183 Å². The highest BCUT2D eigenvalue weighted by atomic mass is 35.6. The Bertz CT molecular complexity index is 923. The molecule has 0 saturated heterocycles. The lowest BCUT2D eigenvalue weighted by atomic mass is 9.87. The molecular weight excluding hydrogens is 441 g/mol. The number of nitrogens with one attached hydrogen (secondary N) is 1. The van der Waals surface area contributed by atoms with Crippen LogP contribution in [-0.2, 0) is 5.41 Å².